The first-order valence-corrected chi connectivity index (χ1v) is 14.6. The Labute approximate surface area is 252 Å². The van der Waals surface area contributed by atoms with Gasteiger partial charge in [0.1, 0.15) is 17.7 Å². The summed E-state index contributed by atoms with van der Waals surface area (Å²) in [6.45, 7) is 0.603. The molecule has 222 valence electrons. The lowest BCUT2D eigenvalue weighted by atomic mass is 10.1. The predicted octanol–water partition coefficient (Wildman–Crippen LogP) is 3.60. The van der Waals surface area contributed by atoms with Crippen molar-refractivity contribution in [3.63, 3.8) is 0 Å². The molecular weight excluding hydrogens is 573 g/mol. The van der Waals surface area contributed by atoms with Crippen molar-refractivity contribution in [2.45, 2.75) is 25.4 Å². The molecule has 0 bridgehead atoms. The fourth-order valence-electron chi connectivity index (χ4n) is 4.72. The monoisotopic (exact) mass is 603 g/mol. The van der Waals surface area contributed by atoms with Crippen molar-refractivity contribution in [3.8, 4) is 11.5 Å². The van der Waals surface area contributed by atoms with Crippen LogP contribution in [0.1, 0.15) is 23.1 Å². The number of hydrogen-bond donors (Lipinski definition) is 2. The summed E-state index contributed by atoms with van der Waals surface area (Å²) in [6, 6.07) is 17.8. The molecule has 0 saturated heterocycles. The standard InChI is InChI=1S/C31H30FN5O5S/c1-41-25-12-9-19(15-26(25)42-2)13-14-33-28(39)18-43-31-35-23-6-4-3-5-22(23)29-36-30(40)24(37(29)31)16-27(38)34-17-20-7-10-21(32)11-8-20/h3-12,15,24H,13-14,16-18H2,1-2H3,(H,33,39)(H,34,38). The number of amides is 3. The first kappa shape index (κ1) is 29.8. The van der Waals surface area contributed by atoms with E-state index in [1.165, 1.54) is 23.9 Å². The lowest BCUT2D eigenvalue weighted by Crippen LogP contribution is -2.46. The molecule has 2 aliphatic heterocycles. The van der Waals surface area contributed by atoms with Crippen LogP contribution in [0.15, 0.2) is 76.7 Å². The van der Waals surface area contributed by atoms with Gasteiger partial charge in [0.2, 0.25) is 11.8 Å². The zero-order valence-electron chi connectivity index (χ0n) is 23.6. The molecule has 0 aromatic heterocycles. The van der Waals surface area contributed by atoms with E-state index in [0.717, 1.165) is 11.1 Å². The number of carbonyl (C=O) groups excluding carboxylic acids is 3. The van der Waals surface area contributed by atoms with Gasteiger partial charge in [0.15, 0.2) is 16.7 Å². The summed E-state index contributed by atoms with van der Waals surface area (Å²) in [6.07, 6.45) is 0.434. The number of rotatable bonds is 11. The van der Waals surface area contributed by atoms with Crippen LogP contribution >= 0.6 is 11.8 Å². The molecule has 0 fully saturated rings. The molecule has 0 radical (unpaired) electrons. The Bertz CT molecular complexity index is 1590. The lowest BCUT2D eigenvalue weighted by Gasteiger charge is -2.30. The quantitative estimate of drug-likeness (QED) is 0.344. The summed E-state index contributed by atoms with van der Waals surface area (Å²) >= 11 is 1.17. The van der Waals surface area contributed by atoms with Crippen LogP contribution < -0.4 is 20.1 Å². The third-order valence-corrected chi connectivity index (χ3v) is 7.86. The van der Waals surface area contributed by atoms with Crippen molar-refractivity contribution >= 4 is 46.2 Å². The van der Waals surface area contributed by atoms with E-state index < -0.39 is 11.9 Å². The van der Waals surface area contributed by atoms with Crippen molar-refractivity contribution < 1.29 is 28.2 Å². The molecular formula is C31H30FN5O5S. The molecule has 12 heteroatoms. The molecule has 43 heavy (non-hydrogen) atoms. The predicted molar refractivity (Wildman–Crippen MR) is 162 cm³/mol. The number of carbonyl (C=O) groups is 3. The number of hydrogen-bond acceptors (Lipinski definition) is 8. The van der Waals surface area contributed by atoms with Gasteiger partial charge in [-0.1, -0.05) is 42.1 Å². The van der Waals surface area contributed by atoms with E-state index in [-0.39, 0.29) is 36.4 Å². The topological polar surface area (TPSA) is 122 Å². The van der Waals surface area contributed by atoms with E-state index in [2.05, 4.69) is 15.6 Å². The van der Waals surface area contributed by atoms with Crippen molar-refractivity contribution in [2.24, 2.45) is 9.98 Å². The SMILES string of the molecule is COc1ccc(CCNC(=O)CSC2=Nc3ccccc3C3=NC(=O)C(CC(=O)NCc4ccc(F)cc4)N23)cc1OC. The first-order valence-electron chi connectivity index (χ1n) is 13.6. The molecule has 3 aromatic rings. The van der Waals surface area contributed by atoms with Gasteiger partial charge in [-0.05, 0) is 53.9 Å². The van der Waals surface area contributed by atoms with Crippen LogP contribution in [0.25, 0.3) is 0 Å². The zero-order chi connectivity index (χ0) is 30.3. The summed E-state index contributed by atoms with van der Waals surface area (Å²) in [4.78, 5) is 49.3. The third-order valence-electron chi connectivity index (χ3n) is 6.91. The molecule has 1 unspecified atom stereocenters. The Morgan fingerprint density at radius 1 is 0.930 bits per heavy atom. The summed E-state index contributed by atoms with van der Waals surface area (Å²) in [5.41, 5.74) is 3.01. The number of nitrogens with zero attached hydrogens (tertiary/aromatic N) is 3. The van der Waals surface area contributed by atoms with Crippen LogP contribution in [0.4, 0.5) is 10.1 Å². The molecule has 1 atom stereocenters. The molecule has 10 nitrogen and oxygen atoms in total. The van der Waals surface area contributed by atoms with Crippen molar-refractivity contribution in [3.05, 3.63) is 89.2 Å². The number of para-hydroxylation sites is 1. The largest absolute Gasteiger partial charge is 0.493 e. The van der Waals surface area contributed by atoms with Gasteiger partial charge in [0.05, 0.1) is 32.1 Å². The van der Waals surface area contributed by atoms with Crippen LogP contribution in [-0.4, -0.2) is 66.2 Å². The third kappa shape index (κ3) is 7.03. The maximum absolute atomic E-state index is 13.2. The van der Waals surface area contributed by atoms with Gasteiger partial charge >= 0.3 is 0 Å². The van der Waals surface area contributed by atoms with Crippen molar-refractivity contribution in [1.29, 1.82) is 0 Å². The van der Waals surface area contributed by atoms with Gasteiger partial charge in [-0.25, -0.2) is 9.38 Å². The highest BCUT2D eigenvalue weighted by molar-refractivity contribution is 8.14. The fourth-order valence-corrected chi connectivity index (χ4v) is 5.59. The highest BCUT2D eigenvalue weighted by Crippen LogP contribution is 2.35. The van der Waals surface area contributed by atoms with Gasteiger partial charge in [-0.15, -0.1) is 0 Å². The zero-order valence-corrected chi connectivity index (χ0v) is 24.4. The lowest BCUT2D eigenvalue weighted by molar-refractivity contribution is -0.126. The van der Waals surface area contributed by atoms with E-state index >= 15 is 0 Å². The second-order valence-electron chi connectivity index (χ2n) is 9.76. The molecule has 5 rings (SSSR count). The summed E-state index contributed by atoms with van der Waals surface area (Å²) in [5.74, 6) is 0.313. The van der Waals surface area contributed by atoms with Gasteiger partial charge in [-0.3, -0.25) is 19.3 Å². The number of aliphatic imine (C=N–C) groups is 2. The number of nitrogens with one attached hydrogen (secondary N) is 2. The summed E-state index contributed by atoms with van der Waals surface area (Å²) in [7, 11) is 3.15. The van der Waals surface area contributed by atoms with E-state index in [0.29, 0.717) is 46.7 Å². The number of thioether (sulfide) groups is 1. The van der Waals surface area contributed by atoms with E-state index in [1.807, 2.05) is 42.5 Å². The summed E-state index contributed by atoms with van der Waals surface area (Å²) < 4.78 is 23.8. The second kappa shape index (κ2) is 13.5. The van der Waals surface area contributed by atoms with Crippen LogP contribution in [-0.2, 0) is 27.3 Å². The van der Waals surface area contributed by atoms with Crippen LogP contribution in [0.2, 0.25) is 0 Å². The Kier molecular flexibility index (Phi) is 9.35. The first-order chi connectivity index (χ1) is 20.9. The van der Waals surface area contributed by atoms with Gasteiger partial charge < -0.3 is 20.1 Å². The molecule has 0 spiro atoms. The van der Waals surface area contributed by atoms with Gasteiger partial charge in [0, 0.05) is 18.7 Å². The summed E-state index contributed by atoms with van der Waals surface area (Å²) in [5, 5.41) is 6.10. The fraction of sp³-hybridized carbons (Fsp3) is 0.258. The average Bonchev–Trinajstić information content (AvgIpc) is 3.35. The molecule has 3 aromatic carbocycles. The smallest absolute Gasteiger partial charge is 0.271 e. The highest BCUT2D eigenvalue weighted by atomic mass is 32.2. The number of methoxy groups -OCH3 is 2. The molecule has 2 aliphatic rings. The Morgan fingerprint density at radius 2 is 1.67 bits per heavy atom. The maximum Gasteiger partial charge on any atom is 0.271 e. The normalized spacial score (nSPS) is 15.2. The van der Waals surface area contributed by atoms with Crippen LogP contribution in [0.5, 0.6) is 11.5 Å². The maximum atomic E-state index is 13.2. The Balaban J connectivity index is 1.22. The van der Waals surface area contributed by atoms with E-state index in [9.17, 15) is 18.8 Å². The van der Waals surface area contributed by atoms with Gasteiger partial charge in [0.25, 0.3) is 5.91 Å². The number of halogens is 1. The van der Waals surface area contributed by atoms with Crippen molar-refractivity contribution in [2.75, 3.05) is 26.5 Å². The van der Waals surface area contributed by atoms with Crippen LogP contribution in [0, 0.1) is 5.82 Å². The average molecular weight is 604 g/mol. The van der Waals surface area contributed by atoms with Crippen LogP contribution in [0.3, 0.4) is 0 Å². The minimum atomic E-state index is -0.907. The second-order valence-corrected chi connectivity index (χ2v) is 10.7. The molecule has 2 N–H and O–H groups in total. The Hall–Kier alpha value is -4.71. The molecule has 0 saturated carbocycles. The number of ether oxygens (including phenoxy) is 2. The van der Waals surface area contributed by atoms with E-state index in [4.69, 9.17) is 14.5 Å². The Morgan fingerprint density at radius 3 is 2.44 bits per heavy atom. The van der Waals surface area contributed by atoms with E-state index in [1.54, 1.807) is 31.3 Å². The molecule has 0 aliphatic carbocycles. The number of fused-ring (bicyclic) bond motifs is 3. The number of amidine groups is 2. The van der Waals surface area contributed by atoms with Crippen molar-refractivity contribution in [1.82, 2.24) is 15.5 Å². The molecule has 2 heterocycles. The minimum Gasteiger partial charge on any atom is -0.493 e. The number of benzene rings is 3. The molecule has 3 amide bonds. The minimum absolute atomic E-state index is 0.0500. The van der Waals surface area contributed by atoms with Gasteiger partial charge in [-0.2, -0.15) is 4.99 Å². The highest BCUT2D eigenvalue weighted by Gasteiger charge is 2.42.